The highest BCUT2D eigenvalue weighted by atomic mass is 16.5. The van der Waals surface area contributed by atoms with Crippen molar-refractivity contribution in [2.24, 2.45) is 5.73 Å². The van der Waals surface area contributed by atoms with Gasteiger partial charge in [0.1, 0.15) is 0 Å². The summed E-state index contributed by atoms with van der Waals surface area (Å²) in [5.41, 5.74) is 5.80. The lowest BCUT2D eigenvalue weighted by atomic mass is 9.75. The molecule has 1 aliphatic rings. The normalized spacial score (nSPS) is 22.6. The van der Waals surface area contributed by atoms with E-state index >= 15 is 0 Å². The minimum atomic E-state index is -0.144. The lowest BCUT2D eigenvalue weighted by Crippen LogP contribution is -2.25. The maximum absolute atomic E-state index is 5.71. The lowest BCUT2D eigenvalue weighted by molar-refractivity contribution is 0.231. The predicted octanol–water partition coefficient (Wildman–Crippen LogP) is 2.31. The Kier molecular flexibility index (Phi) is 2.78. The van der Waals surface area contributed by atoms with Crippen LogP contribution in [0.5, 0.6) is 0 Å². The topological polar surface area (TPSA) is 64.9 Å². The van der Waals surface area contributed by atoms with Gasteiger partial charge in [0.25, 0.3) is 0 Å². The molecule has 2 rings (SSSR count). The Morgan fingerprint density at radius 3 is 2.53 bits per heavy atom. The summed E-state index contributed by atoms with van der Waals surface area (Å²) in [4.78, 5) is 4.40. The summed E-state index contributed by atoms with van der Waals surface area (Å²) in [5.74, 6) is 1.39. The van der Waals surface area contributed by atoms with E-state index in [4.69, 9.17) is 10.3 Å². The molecule has 1 atom stereocenters. The van der Waals surface area contributed by atoms with Crippen molar-refractivity contribution < 1.29 is 4.52 Å². The smallest absolute Gasteiger partial charge is 0.232 e. The zero-order valence-electron chi connectivity index (χ0n) is 9.49. The van der Waals surface area contributed by atoms with Crippen LogP contribution in [0.3, 0.4) is 0 Å². The number of hydrogen-bond donors (Lipinski definition) is 1. The van der Waals surface area contributed by atoms with Crippen molar-refractivity contribution >= 4 is 0 Å². The van der Waals surface area contributed by atoms with Crippen LogP contribution < -0.4 is 5.73 Å². The third-order valence-corrected chi connectivity index (χ3v) is 3.32. The molecule has 84 valence electrons. The molecule has 1 unspecified atom stereocenters. The number of nitrogens with two attached hydrogens (primary N) is 1. The molecule has 2 N–H and O–H groups in total. The molecule has 4 nitrogen and oxygen atoms in total. The molecule has 1 aromatic rings. The molecule has 0 aliphatic heterocycles. The standard InChI is InChI=1S/C11H19N3O/c1-8(12)9-13-10(15-14-9)11(2)6-4-3-5-7-11/h8H,3-7,12H2,1-2H3. The molecule has 15 heavy (non-hydrogen) atoms. The zero-order valence-corrected chi connectivity index (χ0v) is 9.49. The van der Waals surface area contributed by atoms with Crippen LogP contribution >= 0.6 is 0 Å². The van der Waals surface area contributed by atoms with Gasteiger partial charge in [0, 0.05) is 5.41 Å². The predicted molar refractivity (Wildman–Crippen MR) is 57.3 cm³/mol. The minimum Gasteiger partial charge on any atom is -0.339 e. The third kappa shape index (κ3) is 2.04. The van der Waals surface area contributed by atoms with Crippen LogP contribution in [0.15, 0.2) is 4.52 Å². The SMILES string of the molecule is CC(N)c1noc(C2(C)CCCCC2)n1. The summed E-state index contributed by atoms with van der Waals surface area (Å²) < 4.78 is 5.33. The van der Waals surface area contributed by atoms with Gasteiger partial charge in [-0.1, -0.05) is 31.3 Å². The van der Waals surface area contributed by atoms with Gasteiger partial charge >= 0.3 is 0 Å². The van der Waals surface area contributed by atoms with Crippen LogP contribution in [-0.4, -0.2) is 10.1 Å². The molecular weight excluding hydrogens is 190 g/mol. The quantitative estimate of drug-likeness (QED) is 0.811. The van der Waals surface area contributed by atoms with Gasteiger partial charge < -0.3 is 10.3 Å². The molecule has 1 aliphatic carbocycles. The Bertz CT molecular complexity index is 326. The van der Waals surface area contributed by atoms with Crippen molar-refractivity contribution in [3.63, 3.8) is 0 Å². The Morgan fingerprint density at radius 2 is 2.00 bits per heavy atom. The molecule has 0 amide bonds. The van der Waals surface area contributed by atoms with Crippen LogP contribution in [0.2, 0.25) is 0 Å². The number of nitrogens with zero attached hydrogens (tertiary/aromatic N) is 2. The minimum absolute atomic E-state index is 0.0817. The summed E-state index contributed by atoms with van der Waals surface area (Å²) >= 11 is 0. The van der Waals surface area contributed by atoms with Crippen molar-refractivity contribution in [2.75, 3.05) is 0 Å². The van der Waals surface area contributed by atoms with E-state index in [1.165, 1.54) is 19.3 Å². The summed E-state index contributed by atoms with van der Waals surface area (Å²) in [7, 11) is 0. The van der Waals surface area contributed by atoms with Gasteiger partial charge in [-0.25, -0.2) is 0 Å². The van der Waals surface area contributed by atoms with Crippen molar-refractivity contribution in [1.29, 1.82) is 0 Å². The van der Waals surface area contributed by atoms with Crippen LogP contribution in [0.25, 0.3) is 0 Å². The largest absolute Gasteiger partial charge is 0.339 e. The Balaban J connectivity index is 2.20. The van der Waals surface area contributed by atoms with Crippen LogP contribution in [-0.2, 0) is 5.41 Å². The van der Waals surface area contributed by atoms with Crippen molar-refractivity contribution in [1.82, 2.24) is 10.1 Å². The van der Waals surface area contributed by atoms with Crippen LogP contribution in [0.4, 0.5) is 0 Å². The third-order valence-electron chi connectivity index (χ3n) is 3.32. The van der Waals surface area contributed by atoms with Crippen molar-refractivity contribution in [2.45, 2.75) is 57.4 Å². The second kappa shape index (κ2) is 3.93. The van der Waals surface area contributed by atoms with E-state index in [1.807, 2.05) is 6.92 Å². The van der Waals surface area contributed by atoms with E-state index in [9.17, 15) is 0 Å². The molecule has 1 saturated carbocycles. The van der Waals surface area contributed by atoms with Crippen molar-refractivity contribution in [3.05, 3.63) is 11.7 Å². The maximum Gasteiger partial charge on any atom is 0.232 e. The van der Waals surface area contributed by atoms with Gasteiger partial charge in [-0.2, -0.15) is 4.98 Å². The number of hydrogen-bond acceptors (Lipinski definition) is 4. The number of rotatable bonds is 2. The van der Waals surface area contributed by atoms with E-state index in [1.54, 1.807) is 0 Å². The van der Waals surface area contributed by atoms with E-state index in [0.29, 0.717) is 5.82 Å². The van der Waals surface area contributed by atoms with Gasteiger partial charge in [0.15, 0.2) is 5.82 Å². The molecule has 0 spiro atoms. The first-order chi connectivity index (χ1) is 7.12. The molecule has 0 aromatic carbocycles. The van der Waals surface area contributed by atoms with Gasteiger partial charge in [0.2, 0.25) is 5.89 Å². The van der Waals surface area contributed by atoms with E-state index in [-0.39, 0.29) is 11.5 Å². The average molecular weight is 209 g/mol. The Hall–Kier alpha value is -0.900. The first-order valence-electron chi connectivity index (χ1n) is 5.71. The monoisotopic (exact) mass is 209 g/mol. The highest BCUT2D eigenvalue weighted by molar-refractivity contribution is 5.05. The highest BCUT2D eigenvalue weighted by Crippen LogP contribution is 2.38. The Labute approximate surface area is 90.2 Å². The van der Waals surface area contributed by atoms with Gasteiger partial charge in [0.05, 0.1) is 6.04 Å². The lowest BCUT2D eigenvalue weighted by Gasteiger charge is -2.29. The van der Waals surface area contributed by atoms with Crippen LogP contribution in [0.1, 0.15) is 63.7 Å². The fourth-order valence-electron chi connectivity index (χ4n) is 2.21. The van der Waals surface area contributed by atoms with Gasteiger partial charge in [-0.3, -0.25) is 0 Å². The second-order valence-electron chi connectivity index (χ2n) is 4.87. The maximum atomic E-state index is 5.71. The number of aromatic nitrogens is 2. The first-order valence-corrected chi connectivity index (χ1v) is 5.71. The molecule has 0 bridgehead atoms. The summed E-state index contributed by atoms with van der Waals surface area (Å²) in [6, 6.07) is -0.144. The summed E-state index contributed by atoms with van der Waals surface area (Å²) in [5, 5.41) is 3.92. The van der Waals surface area contributed by atoms with Gasteiger partial charge in [-0.05, 0) is 19.8 Å². The molecule has 0 radical (unpaired) electrons. The fraction of sp³-hybridized carbons (Fsp3) is 0.818. The Morgan fingerprint density at radius 1 is 1.33 bits per heavy atom. The molecule has 0 saturated heterocycles. The van der Waals surface area contributed by atoms with E-state index < -0.39 is 0 Å². The molecule has 1 fully saturated rings. The molecular formula is C11H19N3O. The second-order valence-corrected chi connectivity index (χ2v) is 4.87. The van der Waals surface area contributed by atoms with E-state index in [2.05, 4.69) is 17.1 Å². The average Bonchev–Trinajstić information content (AvgIpc) is 2.68. The van der Waals surface area contributed by atoms with Crippen molar-refractivity contribution in [3.8, 4) is 0 Å². The zero-order chi connectivity index (χ0) is 10.9. The molecule has 4 heteroatoms. The molecule has 1 aromatic heterocycles. The van der Waals surface area contributed by atoms with Crippen LogP contribution in [0, 0.1) is 0 Å². The summed E-state index contributed by atoms with van der Waals surface area (Å²) in [6.07, 6.45) is 6.13. The fourth-order valence-corrected chi connectivity index (χ4v) is 2.21. The highest BCUT2D eigenvalue weighted by Gasteiger charge is 2.34. The van der Waals surface area contributed by atoms with Gasteiger partial charge in [-0.15, -0.1) is 0 Å². The van der Waals surface area contributed by atoms with E-state index in [0.717, 1.165) is 18.7 Å². The molecule has 1 heterocycles. The summed E-state index contributed by atoms with van der Waals surface area (Å²) in [6.45, 7) is 4.09. The first kappa shape index (κ1) is 10.6.